The van der Waals surface area contributed by atoms with Gasteiger partial charge in [-0.3, -0.25) is 9.36 Å². The third kappa shape index (κ3) is 3.72. The summed E-state index contributed by atoms with van der Waals surface area (Å²) >= 11 is 0. The second-order valence-electron chi connectivity index (χ2n) is 6.95. The molecule has 0 saturated carbocycles. The second-order valence-corrected chi connectivity index (χ2v) is 6.95. The number of para-hydroxylation sites is 2. The smallest absolute Gasteiger partial charge is 0.251 e. The summed E-state index contributed by atoms with van der Waals surface area (Å²) in [5.41, 5.74) is 4.33. The first-order valence-electron chi connectivity index (χ1n) is 9.66. The fourth-order valence-electron chi connectivity index (χ4n) is 3.47. The van der Waals surface area contributed by atoms with Crippen LogP contribution in [0.3, 0.4) is 0 Å². The first-order valence-corrected chi connectivity index (χ1v) is 9.66. The number of nitrogens with one attached hydrogen (secondary N) is 1. The highest BCUT2D eigenvalue weighted by Crippen LogP contribution is 2.29. The largest absolute Gasteiger partial charge is 0.497 e. The van der Waals surface area contributed by atoms with Gasteiger partial charge in [0.15, 0.2) is 0 Å². The molecule has 1 amide bonds. The van der Waals surface area contributed by atoms with Gasteiger partial charge in [0.2, 0.25) is 0 Å². The number of hydrogen-bond donors (Lipinski definition) is 1. The zero-order valence-electron chi connectivity index (χ0n) is 17.1. The van der Waals surface area contributed by atoms with E-state index >= 15 is 0 Å². The third-order valence-electron chi connectivity index (χ3n) is 5.11. The average molecular weight is 401 g/mol. The molecular formula is C24H23N3O3. The molecule has 1 unspecified atom stereocenters. The van der Waals surface area contributed by atoms with Crippen molar-refractivity contribution in [1.82, 2.24) is 14.9 Å². The van der Waals surface area contributed by atoms with Gasteiger partial charge in [-0.15, -0.1) is 0 Å². The Balaban J connectivity index is 1.53. The molecule has 0 aliphatic heterocycles. The van der Waals surface area contributed by atoms with Gasteiger partial charge in [-0.1, -0.05) is 12.1 Å². The van der Waals surface area contributed by atoms with Crippen LogP contribution in [0.1, 0.15) is 28.9 Å². The Kier molecular flexibility index (Phi) is 5.39. The number of amides is 1. The minimum atomic E-state index is -0.250. The van der Waals surface area contributed by atoms with Gasteiger partial charge in [0.1, 0.15) is 17.8 Å². The maximum Gasteiger partial charge on any atom is 0.251 e. The van der Waals surface area contributed by atoms with E-state index in [0.29, 0.717) is 17.1 Å². The molecule has 30 heavy (non-hydrogen) atoms. The van der Waals surface area contributed by atoms with E-state index in [0.717, 1.165) is 22.3 Å². The minimum Gasteiger partial charge on any atom is -0.497 e. The molecule has 1 heterocycles. The minimum absolute atomic E-state index is 0.158. The number of methoxy groups -OCH3 is 2. The van der Waals surface area contributed by atoms with Crippen molar-refractivity contribution >= 4 is 16.9 Å². The summed E-state index contributed by atoms with van der Waals surface area (Å²) in [6.07, 6.45) is 1.79. The van der Waals surface area contributed by atoms with E-state index in [4.69, 9.17) is 9.47 Å². The highest BCUT2D eigenvalue weighted by Gasteiger charge is 2.16. The first-order chi connectivity index (χ1) is 14.6. The Morgan fingerprint density at radius 3 is 2.50 bits per heavy atom. The molecule has 0 aliphatic rings. The lowest BCUT2D eigenvalue weighted by molar-refractivity contribution is 0.0939. The predicted octanol–water partition coefficient (Wildman–Crippen LogP) is 4.53. The summed E-state index contributed by atoms with van der Waals surface area (Å²) in [6.45, 7) is 1.92. The fraction of sp³-hybridized carbons (Fsp3) is 0.167. The topological polar surface area (TPSA) is 65.4 Å². The number of hydrogen-bond acceptors (Lipinski definition) is 4. The quantitative estimate of drug-likeness (QED) is 0.515. The molecule has 0 spiro atoms. The zero-order chi connectivity index (χ0) is 21.1. The van der Waals surface area contributed by atoms with Crippen molar-refractivity contribution in [3.05, 3.63) is 84.2 Å². The van der Waals surface area contributed by atoms with Crippen LogP contribution < -0.4 is 14.8 Å². The summed E-state index contributed by atoms with van der Waals surface area (Å²) in [5.74, 6) is 1.25. The number of rotatable bonds is 6. The van der Waals surface area contributed by atoms with Crippen LogP contribution in [0.25, 0.3) is 16.7 Å². The van der Waals surface area contributed by atoms with Crippen LogP contribution in [-0.4, -0.2) is 29.7 Å². The van der Waals surface area contributed by atoms with E-state index in [9.17, 15) is 4.79 Å². The van der Waals surface area contributed by atoms with Crippen LogP contribution >= 0.6 is 0 Å². The summed E-state index contributed by atoms with van der Waals surface area (Å²) in [7, 11) is 3.22. The van der Waals surface area contributed by atoms with Gasteiger partial charge in [-0.2, -0.15) is 0 Å². The molecule has 0 aliphatic carbocycles. The molecule has 6 heteroatoms. The number of aromatic nitrogens is 2. The van der Waals surface area contributed by atoms with Crippen molar-refractivity contribution in [2.45, 2.75) is 13.0 Å². The third-order valence-corrected chi connectivity index (χ3v) is 5.11. The van der Waals surface area contributed by atoms with E-state index in [1.807, 2.05) is 78.2 Å². The van der Waals surface area contributed by atoms with Crippen LogP contribution in [0.2, 0.25) is 0 Å². The molecule has 152 valence electrons. The Bertz CT molecular complexity index is 1180. The van der Waals surface area contributed by atoms with E-state index < -0.39 is 0 Å². The Morgan fingerprint density at radius 2 is 1.77 bits per heavy atom. The molecule has 1 aromatic heterocycles. The van der Waals surface area contributed by atoms with Gasteiger partial charge in [0.25, 0.3) is 5.91 Å². The molecule has 6 nitrogen and oxygen atoms in total. The molecular weight excluding hydrogens is 378 g/mol. The van der Waals surface area contributed by atoms with Gasteiger partial charge in [0, 0.05) is 16.8 Å². The highest BCUT2D eigenvalue weighted by atomic mass is 16.5. The molecule has 0 saturated heterocycles. The molecule has 3 aromatic carbocycles. The normalized spacial score (nSPS) is 11.8. The van der Waals surface area contributed by atoms with Crippen molar-refractivity contribution in [3.8, 4) is 17.2 Å². The average Bonchev–Trinajstić information content (AvgIpc) is 3.22. The second kappa shape index (κ2) is 8.29. The summed E-state index contributed by atoms with van der Waals surface area (Å²) in [5, 5.41) is 3.03. The number of nitrogens with zero attached hydrogens (tertiary/aromatic N) is 2. The zero-order valence-corrected chi connectivity index (χ0v) is 17.1. The summed E-state index contributed by atoms with van der Waals surface area (Å²) < 4.78 is 12.7. The summed E-state index contributed by atoms with van der Waals surface area (Å²) in [6, 6.07) is 20.7. The lowest BCUT2D eigenvalue weighted by Gasteiger charge is -2.18. The van der Waals surface area contributed by atoms with Crippen molar-refractivity contribution in [2.75, 3.05) is 14.2 Å². The van der Waals surface area contributed by atoms with Crippen molar-refractivity contribution in [2.24, 2.45) is 0 Å². The van der Waals surface area contributed by atoms with Gasteiger partial charge in [0.05, 0.1) is 31.3 Å². The number of ether oxygens (including phenoxy) is 2. The molecule has 1 atom stereocenters. The van der Waals surface area contributed by atoms with Crippen molar-refractivity contribution < 1.29 is 14.3 Å². The van der Waals surface area contributed by atoms with E-state index in [-0.39, 0.29) is 11.9 Å². The van der Waals surface area contributed by atoms with E-state index in [1.54, 1.807) is 20.5 Å². The number of imidazole rings is 1. The lowest BCUT2D eigenvalue weighted by Crippen LogP contribution is -2.27. The molecule has 0 bridgehead atoms. The van der Waals surface area contributed by atoms with E-state index in [1.165, 1.54) is 0 Å². The number of fused-ring (bicyclic) bond motifs is 1. The van der Waals surface area contributed by atoms with Crippen molar-refractivity contribution in [3.63, 3.8) is 0 Å². The predicted molar refractivity (Wildman–Crippen MR) is 116 cm³/mol. The van der Waals surface area contributed by atoms with Gasteiger partial charge >= 0.3 is 0 Å². The molecule has 4 aromatic rings. The first kappa shape index (κ1) is 19.5. The number of carbonyl (C=O) groups excluding carboxylic acids is 1. The Labute approximate surface area is 175 Å². The van der Waals surface area contributed by atoms with Crippen LogP contribution in [0, 0.1) is 0 Å². The van der Waals surface area contributed by atoms with Crippen LogP contribution in [0.4, 0.5) is 0 Å². The summed E-state index contributed by atoms with van der Waals surface area (Å²) in [4.78, 5) is 17.2. The van der Waals surface area contributed by atoms with Gasteiger partial charge < -0.3 is 14.8 Å². The van der Waals surface area contributed by atoms with Crippen LogP contribution in [-0.2, 0) is 0 Å². The maximum absolute atomic E-state index is 12.8. The van der Waals surface area contributed by atoms with E-state index in [2.05, 4.69) is 10.3 Å². The highest BCUT2D eigenvalue weighted by molar-refractivity contribution is 5.94. The fourth-order valence-corrected chi connectivity index (χ4v) is 3.47. The van der Waals surface area contributed by atoms with Gasteiger partial charge in [-0.25, -0.2) is 4.98 Å². The maximum atomic E-state index is 12.8. The number of benzene rings is 3. The molecule has 1 N–H and O–H groups in total. The monoisotopic (exact) mass is 401 g/mol. The van der Waals surface area contributed by atoms with Crippen LogP contribution in [0.5, 0.6) is 11.5 Å². The molecule has 0 radical (unpaired) electrons. The molecule has 0 fully saturated rings. The number of carbonyl (C=O) groups is 1. The standard InChI is InChI=1S/C24H23N3O3/c1-16(20-14-19(29-2)12-13-23(20)30-3)26-24(28)17-8-10-18(11-9-17)27-15-25-21-6-4-5-7-22(21)27/h4-16H,1-3H3,(H,26,28). The van der Waals surface area contributed by atoms with Crippen LogP contribution in [0.15, 0.2) is 73.1 Å². The lowest BCUT2D eigenvalue weighted by atomic mass is 10.1. The molecule has 4 rings (SSSR count). The van der Waals surface area contributed by atoms with Crippen molar-refractivity contribution in [1.29, 1.82) is 0 Å². The SMILES string of the molecule is COc1ccc(OC)c(C(C)NC(=O)c2ccc(-n3cnc4ccccc43)cc2)c1. The Hall–Kier alpha value is -3.80. The van der Waals surface area contributed by atoms with Gasteiger partial charge in [-0.05, 0) is 61.5 Å². The Morgan fingerprint density at radius 1 is 1.00 bits per heavy atom.